The molecule has 6 rings (SSSR count). The Balaban J connectivity index is 1.66. The zero-order chi connectivity index (χ0) is 44.3. The zero-order valence-electron chi connectivity index (χ0n) is 29.7. The number of carbonyl (C=O) groups excluding carboxylic acids is 2. The lowest BCUT2D eigenvalue weighted by Gasteiger charge is -2.25. The van der Waals surface area contributed by atoms with E-state index in [-0.39, 0.29) is 34.5 Å². The lowest BCUT2D eigenvalue weighted by molar-refractivity contribution is -0.384. The van der Waals surface area contributed by atoms with Gasteiger partial charge in [-0.25, -0.2) is 13.2 Å². The number of esters is 1. The molecule has 1 aromatic heterocycles. The SMILES string of the molecule is O=C(O)CCCS(=O)(=O)c1cc(S(=O)(=O)O)c(Nc2cc(S(=O)(=O)O)c3[nH]c(=O)c(C(=O)OCc4cccc([N+](=O)[O-])c4)c4c3c2C(=O)c2ccccc2-4)c(S(=O)(=O)O)c1. The van der Waals surface area contributed by atoms with E-state index in [9.17, 15) is 76.6 Å². The summed E-state index contributed by atoms with van der Waals surface area (Å²) in [4.78, 5) is 59.9. The fourth-order valence-corrected chi connectivity index (χ4v) is 10.0. The molecule has 5 aromatic rings. The Kier molecular flexibility index (Phi) is 11.0. The number of nitrogens with zero attached hydrogens (tertiary/aromatic N) is 1. The number of hydrogen-bond acceptors (Lipinski definition) is 16. The molecule has 26 heteroatoms. The van der Waals surface area contributed by atoms with Gasteiger partial charge in [-0.1, -0.05) is 36.4 Å². The van der Waals surface area contributed by atoms with Crippen LogP contribution in [0.4, 0.5) is 17.1 Å². The van der Waals surface area contributed by atoms with Gasteiger partial charge in [0, 0.05) is 35.1 Å². The quantitative estimate of drug-likeness (QED) is 0.0395. The van der Waals surface area contributed by atoms with Crippen molar-refractivity contribution in [1.29, 1.82) is 0 Å². The van der Waals surface area contributed by atoms with Crippen LogP contribution < -0.4 is 10.9 Å². The molecule has 0 spiro atoms. The number of non-ortho nitro benzene ring substituents is 1. The minimum atomic E-state index is -5.77. The maximum atomic E-state index is 14.4. The van der Waals surface area contributed by atoms with Crippen molar-refractivity contribution in [3.05, 3.63) is 109 Å². The lowest BCUT2D eigenvalue weighted by atomic mass is 9.81. The second-order valence-electron chi connectivity index (χ2n) is 12.8. The number of anilines is 2. The third-order valence-electron chi connectivity index (χ3n) is 8.92. The van der Waals surface area contributed by atoms with Crippen molar-refractivity contribution in [3.63, 3.8) is 0 Å². The van der Waals surface area contributed by atoms with Crippen molar-refractivity contribution < 1.29 is 76.5 Å². The van der Waals surface area contributed by atoms with Crippen molar-refractivity contribution in [2.45, 2.75) is 39.0 Å². The number of ketones is 1. The van der Waals surface area contributed by atoms with Crippen LogP contribution in [0, 0.1) is 10.1 Å². The van der Waals surface area contributed by atoms with Crippen molar-refractivity contribution in [3.8, 4) is 11.1 Å². The molecule has 0 radical (unpaired) electrons. The Morgan fingerprint density at radius 1 is 0.783 bits per heavy atom. The number of carbonyl (C=O) groups is 3. The molecule has 1 aliphatic carbocycles. The molecular formula is C34H25N3O19S4. The number of rotatable bonds is 14. The number of H-pyrrole nitrogens is 1. The van der Waals surface area contributed by atoms with Gasteiger partial charge < -0.3 is 20.1 Å². The van der Waals surface area contributed by atoms with E-state index in [2.05, 4.69) is 10.3 Å². The first-order chi connectivity index (χ1) is 27.8. The zero-order valence-corrected chi connectivity index (χ0v) is 32.9. The Labute approximate surface area is 336 Å². The molecule has 60 heavy (non-hydrogen) atoms. The Morgan fingerprint density at radius 2 is 1.38 bits per heavy atom. The number of hydrogen-bond donors (Lipinski definition) is 6. The number of sulfone groups is 1. The average Bonchev–Trinajstić information content (AvgIpc) is 3.14. The molecule has 1 aliphatic rings. The second-order valence-corrected chi connectivity index (χ2v) is 19.1. The fraction of sp³-hybridized carbons (Fsp3) is 0.118. The maximum absolute atomic E-state index is 14.4. The molecule has 1 heterocycles. The van der Waals surface area contributed by atoms with Gasteiger partial charge in [0.2, 0.25) is 0 Å². The number of pyridine rings is 1. The summed E-state index contributed by atoms with van der Waals surface area (Å²) in [6, 6.07) is 10.8. The molecule has 0 saturated heterocycles. The molecule has 22 nitrogen and oxygen atoms in total. The van der Waals surface area contributed by atoms with Crippen LogP contribution in [0.1, 0.15) is 44.7 Å². The molecule has 6 N–H and O–H groups in total. The van der Waals surface area contributed by atoms with Gasteiger partial charge in [0.15, 0.2) is 15.6 Å². The van der Waals surface area contributed by atoms with Crippen molar-refractivity contribution in [2.75, 3.05) is 11.1 Å². The fourth-order valence-electron chi connectivity index (χ4n) is 6.41. The number of aromatic amines is 1. The standard InChI is InChI=1S/C34H25N3O19S4/c38-25(39)9-4-10-57(45,46)18-12-22(58(47,48)49)30(23(13-18)59(50,51)52)35-21-14-24(60(53,54)55)31-28-26(19-7-1-2-8-20(19)32(40)27(21)28)29(33(41)36-31)34(42)56-15-16-5-3-6-17(11-16)37(43)44/h1-3,5-8,11-14,35H,4,9-10,15H2,(H,36,41)(H,38,39)(H,47,48,49)(H,50,51,52)(H,53,54,55). The summed E-state index contributed by atoms with van der Waals surface area (Å²) in [5.74, 6) is -4.92. The largest absolute Gasteiger partial charge is 0.481 e. The highest BCUT2D eigenvalue weighted by Crippen LogP contribution is 2.46. The third kappa shape index (κ3) is 8.24. The topological polar surface area (TPSA) is 366 Å². The minimum Gasteiger partial charge on any atom is -0.481 e. The van der Waals surface area contributed by atoms with Crippen LogP contribution in [-0.2, 0) is 56.3 Å². The molecular weight excluding hydrogens is 883 g/mol. The minimum absolute atomic E-state index is 0.0863. The van der Waals surface area contributed by atoms with Crippen molar-refractivity contribution in [2.24, 2.45) is 0 Å². The van der Waals surface area contributed by atoms with Crippen LogP contribution >= 0.6 is 0 Å². The van der Waals surface area contributed by atoms with Crippen LogP contribution in [0.25, 0.3) is 22.0 Å². The van der Waals surface area contributed by atoms with Gasteiger partial charge in [-0.3, -0.25) is 38.2 Å². The number of nitro benzene ring substituents is 1. The number of aromatic nitrogens is 1. The Bertz CT molecular complexity index is 3220. The normalized spacial score (nSPS) is 12.8. The summed E-state index contributed by atoms with van der Waals surface area (Å²) >= 11 is 0. The van der Waals surface area contributed by atoms with Crippen LogP contribution in [0.3, 0.4) is 0 Å². The molecule has 0 amide bonds. The summed E-state index contributed by atoms with van der Waals surface area (Å²) in [5, 5.41) is 21.7. The summed E-state index contributed by atoms with van der Waals surface area (Å²) in [5.41, 5.74) is -7.40. The van der Waals surface area contributed by atoms with Gasteiger partial charge in [-0.2, -0.15) is 25.3 Å². The summed E-state index contributed by atoms with van der Waals surface area (Å²) in [7, 11) is -21.8. The first-order valence-corrected chi connectivity index (χ1v) is 22.4. The number of nitro groups is 1. The number of benzene rings is 4. The highest BCUT2D eigenvalue weighted by atomic mass is 32.2. The Morgan fingerprint density at radius 3 is 1.95 bits per heavy atom. The first-order valence-electron chi connectivity index (χ1n) is 16.4. The van der Waals surface area contributed by atoms with Crippen LogP contribution in [0.5, 0.6) is 0 Å². The molecule has 0 bridgehead atoms. The smallest absolute Gasteiger partial charge is 0.344 e. The van der Waals surface area contributed by atoms with E-state index >= 15 is 0 Å². The summed E-state index contributed by atoms with van der Waals surface area (Å²) in [6.07, 6.45) is -1.26. The molecule has 0 fully saturated rings. The van der Waals surface area contributed by atoms with E-state index in [0.717, 1.165) is 12.1 Å². The first kappa shape index (κ1) is 43.2. The molecule has 0 saturated carbocycles. The highest BCUT2D eigenvalue weighted by Gasteiger charge is 2.38. The van der Waals surface area contributed by atoms with E-state index in [1.807, 2.05) is 0 Å². The Hall–Kier alpha value is -6.42. The third-order valence-corrected chi connectivity index (χ3v) is 13.3. The lowest BCUT2D eigenvalue weighted by Crippen LogP contribution is -2.26. The second kappa shape index (κ2) is 15.3. The van der Waals surface area contributed by atoms with Gasteiger partial charge in [-0.15, -0.1) is 0 Å². The molecule has 0 atom stereocenters. The van der Waals surface area contributed by atoms with Crippen molar-refractivity contribution in [1.82, 2.24) is 4.98 Å². The highest BCUT2D eigenvalue weighted by molar-refractivity contribution is 7.91. The maximum Gasteiger partial charge on any atom is 0.344 e. The van der Waals surface area contributed by atoms with E-state index in [1.54, 1.807) is 0 Å². The number of fused-ring (bicyclic) bond motifs is 2. The van der Waals surface area contributed by atoms with E-state index in [0.29, 0.717) is 6.07 Å². The number of carboxylic acids is 1. The molecule has 0 aliphatic heterocycles. The van der Waals surface area contributed by atoms with Gasteiger partial charge in [0.25, 0.3) is 41.6 Å². The predicted molar refractivity (Wildman–Crippen MR) is 204 cm³/mol. The number of ether oxygens (including phenoxy) is 1. The predicted octanol–water partition coefficient (Wildman–Crippen LogP) is 3.13. The van der Waals surface area contributed by atoms with Crippen molar-refractivity contribution >= 4 is 85.9 Å². The van der Waals surface area contributed by atoms with Gasteiger partial charge in [-0.05, 0) is 35.7 Å². The van der Waals surface area contributed by atoms with Gasteiger partial charge >= 0.3 is 11.9 Å². The van der Waals surface area contributed by atoms with Crippen LogP contribution in [-0.4, -0.2) is 85.8 Å². The summed E-state index contributed by atoms with van der Waals surface area (Å²) < 4.78 is 140. The van der Waals surface area contributed by atoms with Crippen LogP contribution in [0.2, 0.25) is 0 Å². The monoisotopic (exact) mass is 907 g/mol. The van der Waals surface area contributed by atoms with E-state index in [4.69, 9.17) is 9.84 Å². The molecule has 4 aromatic carbocycles. The molecule has 314 valence electrons. The summed E-state index contributed by atoms with van der Waals surface area (Å²) in [6.45, 7) is -0.662. The number of nitrogens with one attached hydrogen (secondary N) is 2. The van der Waals surface area contributed by atoms with Crippen LogP contribution in [0.15, 0.2) is 91.1 Å². The van der Waals surface area contributed by atoms with E-state index < -0.39 is 152 Å². The molecule has 0 unspecified atom stereocenters. The van der Waals surface area contributed by atoms with E-state index in [1.165, 1.54) is 36.4 Å². The number of aliphatic carboxylic acids is 1. The average molecular weight is 908 g/mol. The van der Waals surface area contributed by atoms with Gasteiger partial charge in [0.1, 0.15) is 26.9 Å². The van der Waals surface area contributed by atoms with Gasteiger partial charge in [0.05, 0.1) is 38.0 Å². The number of carboxylic acid groups (broad SMARTS) is 1.